The molecule has 1 saturated heterocycles. The van der Waals surface area contributed by atoms with Crippen molar-refractivity contribution in [2.45, 2.75) is 26.3 Å². The van der Waals surface area contributed by atoms with Gasteiger partial charge >= 0.3 is 0 Å². The van der Waals surface area contributed by atoms with Crippen LogP contribution in [0.3, 0.4) is 0 Å². The number of piperazine rings is 1. The Hall–Kier alpha value is -1.84. The summed E-state index contributed by atoms with van der Waals surface area (Å²) in [4.78, 5) is 25.1. The summed E-state index contributed by atoms with van der Waals surface area (Å²) >= 11 is 0. The minimum Gasteiger partial charge on any atom is -0.358 e. The summed E-state index contributed by atoms with van der Waals surface area (Å²) in [6.45, 7) is 5.04. The monoisotopic (exact) mass is 246 g/mol. The number of carbonyl (C=O) groups excluding carboxylic acids is 2. The molecule has 96 valence electrons. The Bertz CT molecular complexity index is 453. The molecule has 4 nitrogen and oxygen atoms in total. The van der Waals surface area contributed by atoms with Crippen LogP contribution in [0, 0.1) is 0 Å². The molecule has 0 aliphatic carbocycles. The largest absolute Gasteiger partial charge is 0.358 e. The number of Topliss-reactive ketones (excluding diaryl/α,β-unsaturated/α-hetero) is 1. The topological polar surface area (TPSA) is 49.4 Å². The Morgan fingerprint density at radius 2 is 2.06 bits per heavy atom. The van der Waals surface area contributed by atoms with Crippen LogP contribution in [0.4, 0.5) is 5.69 Å². The summed E-state index contributed by atoms with van der Waals surface area (Å²) in [5.41, 5.74) is 1.70. The zero-order valence-electron chi connectivity index (χ0n) is 10.8. The first-order valence-corrected chi connectivity index (χ1v) is 6.29. The highest BCUT2D eigenvalue weighted by Crippen LogP contribution is 2.21. The molecule has 1 unspecified atom stereocenters. The lowest BCUT2D eigenvalue weighted by molar-refractivity contribution is -0.123. The summed E-state index contributed by atoms with van der Waals surface area (Å²) in [5, 5.41) is 2.88. The zero-order chi connectivity index (χ0) is 13.1. The average molecular weight is 246 g/mol. The van der Waals surface area contributed by atoms with Crippen molar-refractivity contribution < 1.29 is 9.59 Å². The van der Waals surface area contributed by atoms with Crippen LogP contribution in [-0.2, 0) is 4.79 Å². The summed E-state index contributed by atoms with van der Waals surface area (Å²) in [5.74, 6) is 0.143. The number of benzene rings is 1. The quantitative estimate of drug-likeness (QED) is 0.824. The highest BCUT2D eigenvalue weighted by atomic mass is 16.2. The van der Waals surface area contributed by atoms with Crippen molar-refractivity contribution in [3.05, 3.63) is 29.8 Å². The minimum absolute atomic E-state index is 0.0602. The highest BCUT2D eigenvalue weighted by Gasteiger charge is 2.27. The maximum absolute atomic E-state index is 11.8. The molecule has 1 aromatic rings. The van der Waals surface area contributed by atoms with Crippen LogP contribution in [0.2, 0.25) is 0 Å². The molecule has 1 heterocycles. The summed E-state index contributed by atoms with van der Waals surface area (Å²) in [6, 6.07) is 7.35. The third-order valence-electron chi connectivity index (χ3n) is 3.32. The second-order valence-electron chi connectivity index (χ2n) is 4.51. The Balaban J connectivity index is 2.24. The molecule has 1 aliphatic heterocycles. The lowest BCUT2D eigenvalue weighted by Gasteiger charge is -2.36. The normalized spacial score (nSPS) is 19.6. The van der Waals surface area contributed by atoms with Gasteiger partial charge in [-0.15, -0.1) is 0 Å². The molecule has 0 saturated carbocycles. The Morgan fingerprint density at radius 3 is 2.61 bits per heavy atom. The Kier molecular flexibility index (Phi) is 3.65. The number of ketones is 1. The van der Waals surface area contributed by atoms with Crippen LogP contribution < -0.4 is 10.2 Å². The van der Waals surface area contributed by atoms with Gasteiger partial charge in [0, 0.05) is 24.3 Å². The van der Waals surface area contributed by atoms with Crippen molar-refractivity contribution in [1.29, 1.82) is 0 Å². The second kappa shape index (κ2) is 5.21. The molecule has 0 radical (unpaired) electrons. The maximum Gasteiger partial charge on any atom is 0.242 e. The second-order valence-corrected chi connectivity index (χ2v) is 4.51. The van der Waals surface area contributed by atoms with E-state index in [2.05, 4.69) is 10.2 Å². The van der Waals surface area contributed by atoms with E-state index in [0.717, 1.165) is 18.7 Å². The van der Waals surface area contributed by atoms with E-state index in [1.54, 1.807) is 6.92 Å². The molecular weight excluding hydrogens is 228 g/mol. The number of nitrogens with one attached hydrogen (secondary N) is 1. The molecule has 1 amide bonds. The SMILES string of the molecule is CCC1C(=O)NCCN1c1ccc(C(C)=O)cc1. The lowest BCUT2D eigenvalue weighted by Crippen LogP contribution is -2.55. The van der Waals surface area contributed by atoms with Crippen molar-refractivity contribution in [3.63, 3.8) is 0 Å². The van der Waals surface area contributed by atoms with Gasteiger partial charge in [0.05, 0.1) is 0 Å². The van der Waals surface area contributed by atoms with E-state index in [-0.39, 0.29) is 17.7 Å². The summed E-state index contributed by atoms with van der Waals surface area (Å²) in [7, 11) is 0. The van der Waals surface area contributed by atoms with Gasteiger partial charge in [0.2, 0.25) is 5.91 Å². The van der Waals surface area contributed by atoms with Gasteiger partial charge in [-0.25, -0.2) is 0 Å². The summed E-state index contributed by atoms with van der Waals surface area (Å²) in [6.07, 6.45) is 0.778. The Morgan fingerprint density at radius 1 is 1.39 bits per heavy atom. The number of hydrogen-bond donors (Lipinski definition) is 1. The van der Waals surface area contributed by atoms with Gasteiger partial charge in [0.1, 0.15) is 6.04 Å². The predicted molar refractivity (Wildman–Crippen MR) is 70.9 cm³/mol. The van der Waals surface area contributed by atoms with E-state index < -0.39 is 0 Å². The van der Waals surface area contributed by atoms with Crippen molar-refractivity contribution in [1.82, 2.24) is 5.32 Å². The fourth-order valence-corrected chi connectivity index (χ4v) is 2.32. The molecule has 1 atom stereocenters. The molecule has 0 aromatic heterocycles. The molecular formula is C14H18N2O2. The third kappa shape index (κ3) is 2.37. The van der Waals surface area contributed by atoms with Crippen molar-refractivity contribution >= 4 is 17.4 Å². The first-order chi connectivity index (χ1) is 8.63. The van der Waals surface area contributed by atoms with E-state index in [4.69, 9.17) is 0 Å². The van der Waals surface area contributed by atoms with E-state index in [1.165, 1.54) is 0 Å². The molecule has 18 heavy (non-hydrogen) atoms. The first-order valence-electron chi connectivity index (χ1n) is 6.29. The standard InChI is InChI=1S/C14H18N2O2/c1-3-13-14(18)15-8-9-16(13)12-6-4-11(5-7-12)10(2)17/h4-7,13H,3,8-9H2,1-2H3,(H,15,18). The lowest BCUT2D eigenvalue weighted by atomic mass is 10.1. The van der Waals surface area contributed by atoms with Crippen molar-refractivity contribution in [2.75, 3.05) is 18.0 Å². The van der Waals surface area contributed by atoms with Crippen molar-refractivity contribution in [2.24, 2.45) is 0 Å². The molecule has 0 spiro atoms. The van der Waals surface area contributed by atoms with Crippen LogP contribution >= 0.6 is 0 Å². The van der Waals surface area contributed by atoms with Crippen LogP contribution in [-0.4, -0.2) is 30.8 Å². The van der Waals surface area contributed by atoms with Gasteiger partial charge in [-0.05, 0) is 37.6 Å². The fourth-order valence-electron chi connectivity index (χ4n) is 2.32. The van der Waals surface area contributed by atoms with Crippen molar-refractivity contribution in [3.8, 4) is 0 Å². The average Bonchev–Trinajstić information content (AvgIpc) is 2.38. The van der Waals surface area contributed by atoms with E-state index in [0.29, 0.717) is 12.1 Å². The van der Waals surface area contributed by atoms with E-state index in [9.17, 15) is 9.59 Å². The van der Waals surface area contributed by atoms with Gasteiger partial charge in [0.25, 0.3) is 0 Å². The van der Waals surface area contributed by atoms with Gasteiger partial charge < -0.3 is 10.2 Å². The molecule has 1 aromatic carbocycles. The first kappa shape index (κ1) is 12.6. The van der Waals surface area contributed by atoms with Gasteiger partial charge in [-0.1, -0.05) is 6.92 Å². The van der Waals surface area contributed by atoms with Crippen LogP contribution in [0.25, 0.3) is 0 Å². The van der Waals surface area contributed by atoms with E-state index >= 15 is 0 Å². The summed E-state index contributed by atoms with van der Waals surface area (Å²) < 4.78 is 0. The van der Waals surface area contributed by atoms with E-state index in [1.807, 2.05) is 31.2 Å². The van der Waals surface area contributed by atoms with Crippen LogP contribution in [0.1, 0.15) is 30.6 Å². The zero-order valence-corrected chi connectivity index (χ0v) is 10.8. The number of nitrogens with zero attached hydrogens (tertiary/aromatic N) is 1. The molecule has 0 bridgehead atoms. The van der Waals surface area contributed by atoms with Gasteiger partial charge in [-0.2, -0.15) is 0 Å². The predicted octanol–water partition coefficient (Wildman–Crippen LogP) is 1.60. The molecule has 1 fully saturated rings. The fraction of sp³-hybridized carbons (Fsp3) is 0.429. The highest BCUT2D eigenvalue weighted by molar-refractivity contribution is 5.94. The molecule has 1 N–H and O–H groups in total. The smallest absolute Gasteiger partial charge is 0.242 e. The van der Waals surface area contributed by atoms with Crippen LogP contribution in [0.5, 0.6) is 0 Å². The molecule has 1 aliphatic rings. The number of hydrogen-bond acceptors (Lipinski definition) is 3. The Labute approximate surface area is 107 Å². The number of carbonyl (C=O) groups is 2. The molecule has 2 rings (SSSR count). The third-order valence-corrected chi connectivity index (χ3v) is 3.32. The van der Waals surface area contributed by atoms with Crippen LogP contribution in [0.15, 0.2) is 24.3 Å². The molecule has 4 heteroatoms. The van der Waals surface area contributed by atoms with Gasteiger partial charge in [-0.3, -0.25) is 9.59 Å². The number of rotatable bonds is 3. The van der Waals surface area contributed by atoms with Gasteiger partial charge in [0.15, 0.2) is 5.78 Å². The number of anilines is 1. The number of amides is 1. The maximum atomic E-state index is 11.8. The minimum atomic E-state index is -0.109.